The topological polar surface area (TPSA) is 71.7 Å². The highest BCUT2D eigenvalue weighted by atomic mass is 32.1. The first-order valence-electron chi connectivity index (χ1n) is 8.46. The molecule has 0 saturated carbocycles. The van der Waals surface area contributed by atoms with Crippen LogP contribution in [0.3, 0.4) is 0 Å². The molecular formula is C20H17N3O3S. The van der Waals surface area contributed by atoms with Crippen LogP contribution < -0.4 is 4.80 Å². The minimum Gasteiger partial charge on any atom is -0.319 e. The summed E-state index contributed by atoms with van der Waals surface area (Å²) in [6.07, 6.45) is 0. The van der Waals surface area contributed by atoms with E-state index in [-0.39, 0.29) is 6.54 Å². The van der Waals surface area contributed by atoms with Gasteiger partial charge < -0.3 is 4.57 Å². The summed E-state index contributed by atoms with van der Waals surface area (Å²) in [6.45, 7) is 3.72. The van der Waals surface area contributed by atoms with Gasteiger partial charge in [-0.2, -0.15) is 4.99 Å². The molecule has 0 radical (unpaired) electrons. The minimum absolute atomic E-state index is 0.327. The first-order chi connectivity index (χ1) is 12.9. The van der Waals surface area contributed by atoms with Crippen molar-refractivity contribution < 1.29 is 14.4 Å². The van der Waals surface area contributed by atoms with Gasteiger partial charge in [0.15, 0.2) is 4.80 Å². The largest absolute Gasteiger partial charge is 0.319 e. The van der Waals surface area contributed by atoms with E-state index in [0.29, 0.717) is 15.9 Å². The molecule has 27 heavy (non-hydrogen) atoms. The van der Waals surface area contributed by atoms with E-state index in [0.717, 1.165) is 15.1 Å². The number of rotatable bonds is 2. The lowest BCUT2D eigenvalue weighted by molar-refractivity contribution is -0.118. The van der Waals surface area contributed by atoms with E-state index in [1.54, 1.807) is 24.3 Å². The zero-order chi connectivity index (χ0) is 19.3. The lowest BCUT2D eigenvalue weighted by Gasteiger charge is -2.10. The van der Waals surface area contributed by atoms with Gasteiger partial charge in [-0.1, -0.05) is 23.5 Å². The average Bonchev–Trinajstić information content (AvgIpc) is 3.06. The van der Waals surface area contributed by atoms with E-state index in [2.05, 4.69) is 17.1 Å². The van der Waals surface area contributed by atoms with Gasteiger partial charge in [0, 0.05) is 7.05 Å². The number of hydrogen-bond acceptors (Lipinski definition) is 4. The number of hydrogen-bond donors (Lipinski definition) is 0. The van der Waals surface area contributed by atoms with Gasteiger partial charge in [0.1, 0.15) is 6.54 Å². The van der Waals surface area contributed by atoms with E-state index in [4.69, 9.17) is 0 Å². The second kappa shape index (κ2) is 6.28. The molecule has 136 valence electrons. The van der Waals surface area contributed by atoms with Gasteiger partial charge in [0.2, 0.25) is 0 Å². The number of nitrogens with zero attached hydrogens (tertiary/aromatic N) is 3. The molecule has 2 aromatic carbocycles. The lowest BCUT2D eigenvalue weighted by Crippen LogP contribution is -2.35. The van der Waals surface area contributed by atoms with Crippen molar-refractivity contribution in [1.29, 1.82) is 0 Å². The lowest BCUT2D eigenvalue weighted by atomic mass is 10.1. The number of aromatic nitrogens is 1. The Morgan fingerprint density at radius 2 is 1.63 bits per heavy atom. The number of benzene rings is 2. The highest BCUT2D eigenvalue weighted by Crippen LogP contribution is 2.23. The molecular weight excluding hydrogens is 362 g/mol. The molecule has 4 rings (SSSR count). The van der Waals surface area contributed by atoms with Crippen LogP contribution in [-0.4, -0.2) is 33.7 Å². The predicted molar refractivity (Wildman–Crippen MR) is 103 cm³/mol. The van der Waals surface area contributed by atoms with Crippen molar-refractivity contribution in [2.75, 3.05) is 6.54 Å². The third-order valence-corrected chi connectivity index (χ3v) is 5.91. The van der Waals surface area contributed by atoms with Crippen LogP contribution in [-0.2, 0) is 11.8 Å². The van der Waals surface area contributed by atoms with E-state index >= 15 is 0 Å². The van der Waals surface area contributed by atoms with Crippen molar-refractivity contribution >= 4 is 39.3 Å². The van der Waals surface area contributed by atoms with Crippen molar-refractivity contribution in [1.82, 2.24) is 9.47 Å². The summed E-state index contributed by atoms with van der Waals surface area (Å²) in [5.74, 6) is -1.43. The highest BCUT2D eigenvalue weighted by molar-refractivity contribution is 7.16. The Hall–Kier alpha value is -3.06. The third kappa shape index (κ3) is 2.80. The maximum atomic E-state index is 12.5. The van der Waals surface area contributed by atoms with E-state index in [1.165, 1.54) is 22.5 Å². The SMILES string of the molecule is Cc1cc2sc(=NC(=O)CN3C(=O)c4ccccc4C3=O)n(C)c2cc1C. The molecule has 1 aromatic heterocycles. The van der Waals surface area contributed by atoms with Crippen LogP contribution in [0.15, 0.2) is 41.4 Å². The van der Waals surface area contributed by atoms with E-state index < -0.39 is 17.7 Å². The fourth-order valence-electron chi connectivity index (χ4n) is 3.15. The molecule has 3 amide bonds. The Morgan fingerprint density at radius 3 is 2.26 bits per heavy atom. The summed E-state index contributed by atoms with van der Waals surface area (Å²) in [5, 5.41) is 0. The fraction of sp³-hybridized carbons (Fsp3) is 0.200. The second-order valence-electron chi connectivity index (χ2n) is 6.60. The normalized spacial score (nSPS) is 14.3. The van der Waals surface area contributed by atoms with Crippen LogP contribution in [0, 0.1) is 13.8 Å². The summed E-state index contributed by atoms with van der Waals surface area (Å²) in [6, 6.07) is 10.7. The first-order valence-corrected chi connectivity index (χ1v) is 9.28. The molecule has 0 fully saturated rings. The Balaban J connectivity index is 1.65. The molecule has 0 aliphatic carbocycles. The minimum atomic E-state index is -0.528. The van der Waals surface area contributed by atoms with Crippen LogP contribution >= 0.6 is 11.3 Å². The van der Waals surface area contributed by atoms with Crippen molar-refractivity contribution in [3.8, 4) is 0 Å². The fourth-order valence-corrected chi connectivity index (χ4v) is 4.26. The molecule has 6 nitrogen and oxygen atoms in total. The molecule has 7 heteroatoms. The van der Waals surface area contributed by atoms with Gasteiger partial charge in [-0.25, -0.2) is 0 Å². The van der Waals surface area contributed by atoms with Crippen molar-refractivity contribution in [2.45, 2.75) is 13.8 Å². The second-order valence-corrected chi connectivity index (χ2v) is 7.60. The quantitative estimate of drug-likeness (QED) is 0.643. The van der Waals surface area contributed by atoms with E-state index in [9.17, 15) is 14.4 Å². The first kappa shape index (κ1) is 17.4. The van der Waals surface area contributed by atoms with Crippen LogP contribution in [0.4, 0.5) is 0 Å². The molecule has 2 heterocycles. The van der Waals surface area contributed by atoms with Gasteiger partial charge >= 0.3 is 0 Å². The third-order valence-electron chi connectivity index (χ3n) is 4.82. The monoisotopic (exact) mass is 379 g/mol. The number of carbonyl (C=O) groups excluding carboxylic acids is 3. The molecule has 1 aliphatic rings. The van der Waals surface area contributed by atoms with Crippen LogP contribution in [0.1, 0.15) is 31.8 Å². The van der Waals surface area contributed by atoms with Gasteiger partial charge in [0.05, 0.1) is 21.3 Å². The number of fused-ring (bicyclic) bond motifs is 2. The van der Waals surface area contributed by atoms with Gasteiger partial charge in [-0.3, -0.25) is 19.3 Å². The maximum Gasteiger partial charge on any atom is 0.268 e. The number of amides is 3. The van der Waals surface area contributed by atoms with Gasteiger partial charge in [-0.05, 0) is 49.2 Å². The van der Waals surface area contributed by atoms with Crippen molar-refractivity contribution in [3.05, 3.63) is 63.5 Å². The summed E-state index contributed by atoms with van der Waals surface area (Å²) in [5.41, 5.74) is 3.99. The molecule has 1 aliphatic heterocycles. The zero-order valence-corrected chi connectivity index (χ0v) is 16.0. The molecule has 0 spiro atoms. The number of aryl methyl sites for hydroxylation is 3. The molecule has 0 saturated heterocycles. The van der Waals surface area contributed by atoms with Crippen LogP contribution in [0.25, 0.3) is 10.2 Å². The average molecular weight is 379 g/mol. The Kier molecular flexibility index (Phi) is 4.04. The summed E-state index contributed by atoms with van der Waals surface area (Å²) >= 11 is 1.41. The summed E-state index contributed by atoms with van der Waals surface area (Å²) < 4.78 is 2.89. The van der Waals surface area contributed by atoms with Crippen LogP contribution in [0.5, 0.6) is 0 Å². The molecule has 3 aromatic rings. The number of thiazole rings is 1. The molecule has 0 atom stereocenters. The van der Waals surface area contributed by atoms with Crippen molar-refractivity contribution in [3.63, 3.8) is 0 Å². The van der Waals surface area contributed by atoms with Crippen molar-refractivity contribution in [2.24, 2.45) is 12.0 Å². The maximum absolute atomic E-state index is 12.5. The number of imide groups is 1. The Labute approximate surface area is 159 Å². The smallest absolute Gasteiger partial charge is 0.268 e. The van der Waals surface area contributed by atoms with Crippen LogP contribution in [0.2, 0.25) is 0 Å². The highest BCUT2D eigenvalue weighted by Gasteiger charge is 2.36. The zero-order valence-electron chi connectivity index (χ0n) is 15.1. The number of carbonyl (C=O) groups is 3. The summed E-state index contributed by atoms with van der Waals surface area (Å²) in [4.78, 5) is 42.9. The molecule has 0 unspecified atom stereocenters. The van der Waals surface area contributed by atoms with Gasteiger partial charge in [-0.15, -0.1) is 0 Å². The molecule has 0 bridgehead atoms. The predicted octanol–water partition coefficient (Wildman–Crippen LogP) is 2.58. The summed E-state index contributed by atoms with van der Waals surface area (Å²) in [7, 11) is 1.85. The Morgan fingerprint density at radius 1 is 1.04 bits per heavy atom. The Bertz CT molecular complexity index is 1170. The van der Waals surface area contributed by atoms with E-state index in [1.807, 2.05) is 25.5 Å². The molecule has 0 N–H and O–H groups in total. The van der Waals surface area contributed by atoms with Gasteiger partial charge in [0.25, 0.3) is 17.7 Å². The standard InChI is InChI=1S/C20H17N3O3S/c1-11-8-15-16(9-12(11)2)27-20(22(15)3)21-17(24)10-23-18(25)13-6-4-5-7-14(13)19(23)26/h4-9H,10H2,1-3H3.